The molecule has 1 saturated carbocycles. The van der Waals surface area contributed by atoms with Crippen molar-refractivity contribution >= 4 is 23.2 Å². The number of alkyl halides is 3. The molecule has 1 aliphatic carbocycles. The summed E-state index contributed by atoms with van der Waals surface area (Å²) in [5, 5.41) is 7.47. The van der Waals surface area contributed by atoms with Crippen molar-refractivity contribution < 1.29 is 22.8 Å². The number of hydrogen-bond acceptors (Lipinski definition) is 3. The third kappa shape index (κ3) is 4.64. The van der Waals surface area contributed by atoms with Crippen LogP contribution in [0.1, 0.15) is 25.3 Å². The molecule has 1 aromatic carbocycles. The first kappa shape index (κ1) is 16.1. The highest BCUT2D eigenvalue weighted by Gasteiger charge is 2.34. The Hall–Kier alpha value is -2.25. The van der Waals surface area contributed by atoms with Gasteiger partial charge in [0, 0.05) is 24.3 Å². The molecule has 1 fully saturated rings. The normalized spacial score (nSPS) is 14.4. The molecule has 0 aliphatic heterocycles. The molecular formula is C14H16F3N3O2. The fraction of sp³-hybridized carbons (Fsp3) is 0.429. The Morgan fingerprint density at radius 1 is 1.27 bits per heavy atom. The molecule has 0 spiro atoms. The third-order valence-corrected chi connectivity index (χ3v) is 3.03. The molecule has 2 amide bonds. The van der Waals surface area contributed by atoms with Crippen molar-refractivity contribution in [2.75, 3.05) is 17.2 Å². The molecule has 0 bridgehead atoms. The van der Waals surface area contributed by atoms with E-state index < -0.39 is 17.6 Å². The lowest BCUT2D eigenvalue weighted by Gasteiger charge is -2.16. The van der Waals surface area contributed by atoms with E-state index in [2.05, 4.69) is 16.0 Å². The summed E-state index contributed by atoms with van der Waals surface area (Å²) in [5.41, 5.74) is -1.08. The van der Waals surface area contributed by atoms with E-state index >= 15 is 0 Å². The van der Waals surface area contributed by atoms with Gasteiger partial charge < -0.3 is 16.0 Å². The van der Waals surface area contributed by atoms with E-state index in [-0.39, 0.29) is 29.9 Å². The van der Waals surface area contributed by atoms with Crippen molar-refractivity contribution in [1.82, 2.24) is 5.32 Å². The second-order valence-corrected chi connectivity index (χ2v) is 5.13. The van der Waals surface area contributed by atoms with Crippen LogP contribution in [-0.4, -0.2) is 24.4 Å². The Bertz CT molecular complexity index is 583. The molecule has 5 nitrogen and oxygen atoms in total. The van der Waals surface area contributed by atoms with E-state index in [4.69, 9.17) is 0 Å². The molecule has 3 N–H and O–H groups in total. The number of amides is 2. The first-order chi connectivity index (χ1) is 10.3. The van der Waals surface area contributed by atoms with Crippen LogP contribution >= 0.6 is 0 Å². The van der Waals surface area contributed by atoms with Crippen molar-refractivity contribution in [3.8, 4) is 0 Å². The number of anilines is 2. The van der Waals surface area contributed by atoms with Gasteiger partial charge in [-0.3, -0.25) is 9.59 Å². The van der Waals surface area contributed by atoms with Gasteiger partial charge in [0.1, 0.15) is 0 Å². The Kier molecular flexibility index (Phi) is 4.58. The molecule has 120 valence electrons. The minimum atomic E-state index is -4.59. The van der Waals surface area contributed by atoms with Crippen molar-refractivity contribution in [1.29, 1.82) is 0 Å². The number of benzene rings is 1. The molecule has 2 rings (SSSR count). The summed E-state index contributed by atoms with van der Waals surface area (Å²) in [5.74, 6) is -0.806. The van der Waals surface area contributed by atoms with Gasteiger partial charge >= 0.3 is 6.18 Å². The average Bonchev–Trinajstić information content (AvgIpc) is 3.19. The Morgan fingerprint density at radius 2 is 1.95 bits per heavy atom. The first-order valence-electron chi connectivity index (χ1n) is 6.78. The summed E-state index contributed by atoms with van der Waals surface area (Å²) in [6.45, 7) is 0.973. The third-order valence-electron chi connectivity index (χ3n) is 3.03. The van der Waals surface area contributed by atoms with Crippen LogP contribution in [0.4, 0.5) is 24.5 Å². The maximum atomic E-state index is 13.1. The van der Waals surface area contributed by atoms with E-state index in [0.29, 0.717) is 0 Å². The van der Waals surface area contributed by atoms with Crippen molar-refractivity contribution in [2.45, 2.75) is 32.0 Å². The summed E-state index contributed by atoms with van der Waals surface area (Å²) >= 11 is 0. The van der Waals surface area contributed by atoms with Crippen molar-refractivity contribution in [3.63, 3.8) is 0 Å². The number of carbonyl (C=O) groups is 2. The Labute approximate surface area is 125 Å². The lowest BCUT2D eigenvalue weighted by atomic mass is 10.1. The number of carbonyl (C=O) groups excluding carboxylic acids is 2. The molecule has 1 aliphatic rings. The molecule has 1 aromatic rings. The minimum Gasteiger partial charge on any atom is -0.376 e. The Balaban J connectivity index is 2.10. The smallest absolute Gasteiger partial charge is 0.376 e. The summed E-state index contributed by atoms with van der Waals surface area (Å²) in [7, 11) is 0. The Morgan fingerprint density at radius 3 is 2.50 bits per heavy atom. The zero-order valence-electron chi connectivity index (χ0n) is 11.9. The second-order valence-electron chi connectivity index (χ2n) is 5.13. The molecule has 22 heavy (non-hydrogen) atoms. The zero-order valence-corrected chi connectivity index (χ0v) is 11.9. The highest BCUT2D eigenvalue weighted by molar-refractivity contribution is 5.89. The van der Waals surface area contributed by atoms with E-state index in [1.807, 2.05) is 0 Å². The van der Waals surface area contributed by atoms with Gasteiger partial charge in [0.25, 0.3) is 0 Å². The largest absolute Gasteiger partial charge is 0.418 e. The predicted octanol–water partition coefficient (Wildman–Crippen LogP) is 2.35. The van der Waals surface area contributed by atoms with Crippen LogP contribution in [0.5, 0.6) is 0 Å². The van der Waals surface area contributed by atoms with Crippen LogP contribution in [0.25, 0.3) is 0 Å². The SMILES string of the molecule is CC(=O)Nc1ccc(NCC(=O)NC2CC2)c(C(F)(F)F)c1. The van der Waals surface area contributed by atoms with Gasteiger partial charge in [0.15, 0.2) is 0 Å². The van der Waals surface area contributed by atoms with Crippen LogP contribution in [0.3, 0.4) is 0 Å². The van der Waals surface area contributed by atoms with Gasteiger partial charge in [-0.25, -0.2) is 0 Å². The first-order valence-corrected chi connectivity index (χ1v) is 6.78. The van der Waals surface area contributed by atoms with Crippen LogP contribution in [0.15, 0.2) is 18.2 Å². The lowest BCUT2D eigenvalue weighted by molar-refractivity contribution is -0.137. The topological polar surface area (TPSA) is 70.2 Å². The van der Waals surface area contributed by atoms with E-state index in [0.717, 1.165) is 18.9 Å². The minimum absolute atomic E-state index is 0.0489. The molecule has 0 aromatic heterocycles. The summed E-state index contributed by atoms with van der Waals surface area (Å²) in [6.07, 6.45) is -2.78. The monoisotopic (exact) mass is 315 g/mol. The molecule has 0 radical (unpaired) electrons. The highest BCUT2D eigenvalue weighted by Crippen LogP contribution is 2.36. The average molecular weight is 315 g/mol. The molecule has 0 atom stereocenters. The van der Waals surface area contributed by atoms with Crippen LogP contribution in [0, 0.1) is 0 Å². The fourth-order valence-corrected chi connectivity index (χ4v) is 1.90. The molecular weight excluding hydrogens is 299 g/mol. The zero-order chi connectivity index (χ0) is 16.3. The quantitative estimate of drug-likeness (QED) is 0.781. The van der Waals surface area contributed by atoms with Gasteiger partial charge in [-0.1, -0.05) is 0 Å². The van der Waals surface area contributed by atoms with Crippen LogP contribution < -0.4 is 16.0 Å². The maximum absolute atomic E-state index is 13.1. The fourth-order valence-electron chi connectivity index (χ4n) is 1.90. The molecule has 0 unspecified atom stereocenters. The standard InChI is InChI=1S/C14H16F3N3O2/c1-8(21)19-10-4-5-12(11(6-10)14(15,16)17)18-7-13(22)20-9-2-3-9/h4-6,9,18H,2-3,7H2,1H3,(H,19,21)(H,20,22). The number of hydrogen-bond donors (Lipinski definition) is 3. The molecule has 0 saturated heterocycles. The lowest BCUT2D eigenvalue weighted by Crippen LogP contribution is -2.31. The van der Waals surface area contributed by atoms with Crippen molar-refractivity contribution in [2.24, 2.45) is 0 Å². The van der Waals surface area contributed by atoms with Crippen LogP contribution in [-0.2, 0) is 15.8 Å². The number of rotatable bonds is 5. The van der Waals surface area contributed by atoms with E-state index in [1.54, 1.807) is 0 Å². The van der Waals surface area contributed by atoms with Gasteiger partial charge in [-0.2, -0.15) is 13.2 Å². The number of nitrogens with one attached hydrogen (secondary N) is 3. The van der Waals surface area contributed by atoms with Gasteiger partial charge in [-0.05, 0) is 31.0 Å². The maximum Gasteiger partial charge on any atom is 0.418 e. The number of halogens is 3. The summed E-state index contributed by atoms with van der Waals surface area (Å²) in [6, 6.07) is 3.53. The van der Waals surface area contributed by atoms with Gasteiger partial charge in [-0.15, -0.1) is 0 Å². The highest BCUT2D eigenvalue weighted by atomic mass is 19.4. The van der Waals surface area contributed by atoms with Gasteiger partial charge in [0.05, 0.1) is 12.1 Å². The van der Waals surface area contributed by atoms with Gasteiger partial charge in [0.2, 0.25) is 11.8 Å². The summed E-state index contributed by atoms with van der Waals surface area (Å²) < 4.78 is 39.2. The summed E-state index contributed by atoms with van der Waals surface area (Å²) in [4.78, 5) is 22.5. The molecule has 0 heterocycles. The van der Waals surface area contributed by atoms with E-state index in [1.165, 1.54) is 19.1 Å². The second kappa shape index (κ2) is 6.25. The van der Waals surface area contributed by atoms with Crippen LogP contribution in [0.2, 0.25) is 0 Å². The van der Waals surface area contributed by atoms with Crippen molar-refractivity contribution in [3.05, 3.63) is 23.8 Å². The molecule has 8 heteroatoms. The predicted molar refractivity (Wildman–Crippen MR) is 75.4 cm³/mol. The van der Waals surface area contributed by atoms with E-state index in [9.17, 15) is 22.8 Å².